The van der Waals surface area contributed by atoms with Crippen molar-refractivity contribution in [1.82, 2.24) is 10.6 Å². The number of aliphatic hydroxyl groups is 11. The van der Waals surface area contributed by atoms with E-state index in [-0.39, 0.29) is 18.9 Å². The van der Waals surface area contributed by atoms with Crippen molar-refractivity contribution < 1.29 is 104 Å². The van der Waals surface area contributed by atoms with Gasteiger partial charge in [0, 0.05) is 19.8 Å². The summed E-state index contributed by atoms with van der Waals surface area (Å²) in [5.41, 5.74) is 0. The summed E-state index contributed by atoms with van der Waals surface area (Å²) in [5.74, 6) is -6.10. The molecule has 18 unspecified atom stereocenters. The molecule has 2 amide bonds. The number of ether oxygens (including phenoxy) is 6. The molecule has 0 spiro atoms. The molecule has 0 saturated carbocycles. The molecule has 528 valence electrons. The maximum absolute atomic E-state index is 13.5. The van der Waals surface area contributed by atoms with Crippen molar-refractivity contribution >= 4 is 17.8 Å². The normalized spacial score (nSPS) is 28.6. The van der Waals surface area contributed by atoms with E-state index in [2.05, 4.69) is 36.6 Å². The highest BCUT2D eigenvalue weighted by Gasteiger charge is 2.60. The maximum atomic E-state index is 13.5. The zero-order chi connectivity index (χ0) is 66.1. The Bertz CT molecular complexity index is 1870. The van der Waals surface area contributed by atoms with E-state index in [4.69, 9.17) is 28.4 Å². The van der Waals surface area contributed by atoms with Crippen LogP contribution < -0.4 is 10.6 Å². The second-order valence-electron chi connectivity index (χ2n) is 25.7. The number of aliphatic carboxylic acids is 1. The molecule has 0 aromatic heterocycles. The summed E-state index contributed by atoms with van der Waals surface area (Å²) >= 11 is 0. The van der Waals surface area contributed by atoms with Gasteiger partial charge >= 0.3 is 5.97 Å². The van der Waals surface area contributed by atoms with E-state index < -0.39 is 148 Å². The topological polar surface area (TPSA) is 373 Å². The van der Waals surface area contributed by atoms with Crippen LogP contribution in [0.5, 0.6) is 0 Å². The van der Waals surface area contributed by atoms with Crippen LogP contribution in [0, 0.1) is 0 Å². The summed E-state index contributed by atoms with van der Waals surface area (Å²) in [6.07, 6.45) is 16.4. The van der Waals surface area contributed by atoms with Crippen LogP contribution in [-0.4, -0.2) is 215 Å². The Morgan fingerprint density at radius 2 is 1.03 bits per heavy atom. The monoisotopic (exact) mass is 1290 g/mol. The van der Waals surface area contributed by atoms with Crippen molar-refractivity contribution in [2.75, 3.05) is 26.4 Å². The number of unbranched alkanes of at least 4 members (excludes halogenated alkanes) is 31. The largest absolute Gasteiger partial charge is 0.477 e. The van der Waals surface area contributed by atoms with Crippen LogP contribution in [-0.2, 0) is 42.8 Å². The highest BCUT2D eigenvalue weighted by molar-refractivity contribution is 5.77. The highest BCUT2D eigenvalue weighted by Crippen LogP contribution is 2.39. The molecule has 14 N–H and O–H groups in total. The lowest BCUT2D eigenvalue weighted by Crippen LogP contribution is -2.70. The van der Waals surface area contributed by atoms with Gasteiger partial charge in [-0.15, -0.1) is 0 Å². The van der Waals surface area contributed by atoms with Gasteiger partial charge in [0.05, 0.1) is 50.7 Å². The van der Waals surface area contributed by atoms with Gasteiger partial charge in [-0.2, -0.15) is 0 Å². The average Bonchev–Trinajstić information content (AvgIpc) is 0.791. The van der Waals surface area contributed by atoms with Gasteiger partial charge in [0.25, 0.3) is 5.79 Å². The van der Waals surface area contributed by atoms with Crippen molar-refractivity contribution in [3.05, 3.63) is 12.2 Å². The first-order chi connectivity index (χ1) is 43.4. The van der Waals surface area contributed by atoms with Gasteiger partial charge in [0.1, 0.15) is 67.1 Å². The van der Waals surface area contributed by atoms with Crippen LogP contribution in [0.25, 0.3) is 0 Å². The summed E-state index contributed by atoms with van der Waals surface area (Å²) in [7, 11) is 0. The fourth-order valence-electron chi connectivity index (χ4n) is 12.4. The van der Waals surface area contributed by atoms with Gasteiger partial charge < -0.3 is 100 Å². The maximum Gasteiger partial charge on any atom is 0.364 e. The SMILES string of the molecule is CCCCCCCCCCC/C=C\CCCCCCCCCC(=O)NC(COC1OC(CO)C(OC2OC(CO)C(O)C(OC3(C(=O)O)CC(O)C(NC(C)=O)C(C(O)C(O)CO)O3)C2O)C(O)C1O)C(O)CCCCCCCCCCCCCCCCCC. The van der Waals surface area contributed by atoms with Crippen molar-refractivity contribution in [2.45, 2.75) is 368 Å². The van der Waals surface area contributed by atoms with Crippen molar-refractivity contribution in [3.63, 3.8) is 0 Å². The number of carbonyl (C=O) groups is 3. The molecule has 18 atom stereocenters. The molecule has 3 saturated heterocycles. The number of carboxylic acids is 1. The molecular formula is C67H124N2O21. The summed E-state index contributed by atoms with van der Waals surface area (Å²) in [4.78, 5) is 38.6. The van der Waals surface area contributed by atoms with Crippen LogP contribution in [0.1, 0.15) is 258 Å². The molecule has 3 fully saturated rings. The van der Waals surface area contributed by atoms with Gasteiger partial charge in [0.15, 0.2) is 12.6 Å². The van der Waals surface area contributed by atoms with Gasteiger partial charge in [-0.1, -0.05) is 212 Å². The second kappa shape index (κ2) is 48.2. The summed E-state index contributed by atoms with van der Waals surface area (Å²) in [6.45, 7) is 2.21. The summed E-state index contributed by atoms with van der Waals surface area (Å²) < 4.78 is 34.9. The third-order valence-corrected chi connectivity index (χ3v) is 18.0. The minimum atomic E-state index is -3.08. The molecule has 0 aromatic carbocycles. The zero-order valence-electron chi connectivity index (χ0n) is 55.0. The molecule has 0 aliphatic carbocycles. The fourth-order valence-corrected chi connectivity index (χ4v) is 12.4. The van der Waals surface area contributed by atoms with E-state index >= 15 is 0 Å². The number of allylic oxidation sites excluding steroid dienone is 2. The van der Waals surface area contributed by atoms with E-state index in [1.807, 2.05) is 0 Å². The third kappa shape index (κ3) is 30.5. The third-order valence-electron chi connectivity index (χ3n) is 18.0. The van der Waals surface area contributed by atoms with Crippen LogP contribution in [0.4, 0.5) is 0 Å². The van der Waals surface area contributed by atoms with Gasteiger partial charge in [-0.25, -0.2) is 4.79 Å². The molecule has 0 radical (unpaired) electrons. The predicted octanol–water partition coefficient (Wildman–Crippen LogP) is 6.29. The average molecular weight is 1290 g/mol. The van der Waals surface area contributed by atoms with E-state index in [9.17, 15) is 75.7 Å². The number of carboxylic acid groups (broad SMARTS) is 1. The smallest absolute Gasteiger partial charge is 0.364 e. The van der Waals surface area contributed by atoms with Gasteiger partial charge in [0.2, 0.25) is 11.8 Å². The lowest BCUT2D eigenvalue weighted by molar-refractivity contribution is -0.386. The van der Waals surface area contributed by atoms with E-state index in [0.717, 1.165) is 84.0 Å². The van der Waals surface area contributed by atoms with Gasteiger partial charge in [-0.3, -0.25) is 9.59 Å². The number of aliphatic hydroxyl groups excluding tert-OH is 11. The summed E-state index contributed by atoms with van der Waals surface area (Å²) in [6, 6.07) is -2.53. The Kier molecular flexibility index (Phi) is 43.8. The minimum Gasteiger partial charge on any atom is -0.477 e. The Hall–Kier alpha value is -2.53. The lowest BCUT2D eigenvalue weighted by Gasteiger charge is -2.50. The quantitative estimate of drug-likeness (QED) is 0.0235. The Labute approximate surface area is 537 Å². The first-order valence-corrected chi connectivity index (χ1v) is 35.0. The molecular weight excluding hydrogens is 1170 g/mol. The molecule has 0 bridgehead atoms. The molecule has 23 heteroatoms. The molecule has 3 heterocycles. The van der Waals surface area contributed by atoms with Crippen LogP contribution in [0.3, 0.4) is 0 Å². The van der Waals surface area contributed by atoms with Gasteiger partial charge in [-0.05, 0) is 38.5 Å². The Morgan fingerprint density at radius 1 is 0.567 bits per heavy atom. The van der Waals surface area contributed by atoms with Crippen molar-refractivity contribution in [1.29, 1.82) is 0 Å². The van der Waals surface area contributed by atoms with Crippen molar-refractivity contribution in [3.8, 4) is 0 Å². The molecule has 3 aliphatic heterocycles. The summed E-state index contributed by atoms with van der Waals surface area (Å²) in [5, 5.41) is 136. The van der Waals surface area contributed by atoms with Crippen LogP contribution in [0.2, 0.25) is 0 Å². The Balaban J connectivity index is 1.59. The predicted molar refractivity (Wildman–Crippen MR) is 338 cm³/mol. The molecule has 3 aliphatic rings. The van der Waals surface area contributed by atoms with Crippen molar-refractivity contribution in [2.24, 2.45) is 0 Å². The van der Waals surface area contributed by atoms with E-state index in [1.165, 1.54) is 128 Å². The van der Waals surface area contributed by atoms with E-state index in [0.29, 0.717) is 19.3 Å². The highest BCUT2D eigenvalue weighted by atomic mass is 16.8. The number of hydrogen-bond donors (Lipinski definition) is 14. The number of rotatable bonds is 53. The first kappa shape index (κ1) is 81.7. The minimum absolute atomic E-state index is 0.220. The molecule has 0 aromatic rings. The molecule has 23 nitrogen and oxygen atoms in total. The first-order valence-electron chi connectivity index (χ1n) is 35.0. The second-order valence-corrected chi connectivity index (χ2v) is 25.7. The fraction of sp³-hybridized carbons (Fsp3) is 0.925. The number of hydrogen-bond acceptors (Lipinski definition) is 20. The number of carbonyl (C=O) groups excluding carboxylic acids is 2. The van der Waals surface area contributed by atoms with Crippen LogP contribution >= 0.6 is 0 Å². The van der Waals surface area contributed by atoms with E-state index in [1.54, 1.807) is 0 Å². The standard InChI is InChI=1S/C67H124N2O21/c1-4-6-8-10-12-14-16-18-20-22-23-24-25-27-29-31-33-35-37-39-41-54(77)69-48(49(74)40-38-36-34-32-30-28-26-21-19-17-15-13-11-9-7-5-2)46-85-64-59(81)58(80)61(53(45-72)87-64)88-65-60(82)63(57(79)52(44-71)86-65)90-67(66(83)84)42-50(75)55(68-47(3)73)62(89-67)56(78)51(76)43-70/h23-24,48-53,55-65,70-72,74-76,78-82H,4-22,25-46H2,1-3H3,(H,68,73)(H,69,77)(H,83,84)/b24-23-. The molecule has 90 heavy (non-hydrogen) atoms. The number of nitrogens with one attached hydrogen (secondary N) is 2. The van der Waals surface area contributed by atoms with Crippen LogP contribution in [0.15, 0.2) is 12.2 Å². The lowest BCUT2D eigenvalue weighted by atomic mass is 9.88. The molecule has 3 rings (SSSR count). The number of amides is 2. The zero-order valence-corrected chi connectivity index (χ0v) is 55.0. The Morgan fingerprint density at radius 3 is 1.50 bits per heavy atom.